The van der Waals surface area contributed by atoms with E-state index >= 15 is 0 Å². The first kappa shape index (κ1) is 20.8. The fraction of sp³-hybridized carbons (Fsp3) is 1.00. The third-order valence-corrected chi connectivity index (χ3v) is 3.72. The second-order valence-electron chi connectivity index (χ2n) is 5.75. The molecule has 1 unspecified atom stereocenters. The summed E-state index contributed by atoms with van der Waals surface area (Å²) in [7, 11) is 4.29. The Balaban J connectivity index is 0.000000271. The van der Waals surface area contributed by atoms with Gasteiger partial charge in [-0.3, -0.25) is 0 Å². The maximum absolute atomic E-state index is 5.15. The van der Waals surface area contributed by atoms with Gasteiger partial charge in [0.25, 0.3) is 0 Å². The van der Waals surface area contributed by atoms with Crippen molar-refractivity contribution in [1.29, 1.82) is 0 Å². The average molecular weight is 303 g/mol. The molecule has 0 bridgehead atoms. The highest BCUT2D eigenvalue weighted by molar-refractivity contribution is 4.59. The molecule has 3 heterocycles. The minimum atomic E-state index is 0.546. The molecule has 4 heteroatoms. The lowest BCUT2D eigenvalue weighted by Crippen LogP contribution is -2.32. The summed E-state index contributed by atoms with van der Waals surface area (Å²) in [6.45, 7) is 13.8. The largest absolute Gasteiger partial charge is 0.379 e. The van der Waals surface area contributed by atoms with Crippen LogP contribution >= 0.6 is 0 Å². The van der Waals surface area contributed by atoms with Crippen LogP contribution in [0.1, 0.15) is 46.5 Å². The van der Waals surface area contributed by atoms with Crippen molar-refractivity contribution in [2.45, 2.75) is 52.6 Å². The summed E-state index contributed by atoms with van der Waals surface area (Å²) in [5.41, 5.74) is 0. The topological polar surface area (TPSA) is 24.9 Å². The molecule has 0 aromatic heterocycles. The van der Waals surface area contributed by atoms with Gasteiger partial charge < -0.3 is 19.3 Å². The first-order chi connectivity index (χ1) is 10.2. The van der Waals surface area contributed by atoms with Crippen LogP contribution in [0.2, 0.25) is 0 Å². The Hall–Kier alpha value is -0.160. The fourth-order valence-corrected chi connectivity index (χ4v) is 2.27. The van der Waals surface area contributed by atoms with Crippen molar-refractivity contribution in [2.75, 3.05) is 60.1 Å². The maximum atomic E-state index is 5.15. The minimum Gasteiger partial charge on any atom is -0.379 e. The molecule has 1 atom stereocenters. The Morgan fingerprint density at radius 1 is 0.762 bits per heavy atom. The van der Waals surface area contributed by atoms with Gasteiger partial charge in [0, 0.05) is 19.7 Å². The standard InChI is InChI=1S/C5H11NO.C5H11N.C5H10O.C2H6/c1-6-2-4-7-5-3-6;1-6-4-2-3-5-6;1-5-3-2-4-6-5;1-2/h2-5H2,1H3;2-5H2,1H3;5H,2-4H2,1H3;1-2H3. The monoisotopic (exact) mass is 302 g/mol. The molecule has 0 aromatic rings. The number of hydrogen-bond donors (Lipinski definition) is 0. The van der Waals surface area contributed by atoms with Crippen molar-refractivity contribution in [3.63, 3.8) is 0 Å². The van der Waals surface area contributed by atoms with Crippen molar-refractivity contribution >= 4 is 0 Å². The van der Waals surface area contributed by atoms with Gasteiger partial charge in [0.15, 0.2) is 0 Å². The first-order valence-corrected chi connectivity index (χ1v) is 8.75. The minimum absolute atomic E-state index is 0.546. The number of nitrogens with zero attached hydrogens (tertiary/aromatic N) is 2. The Labute approximate surface area is 132 Å². The fourth-order valence-electron chi connectivity index (χ4n) is 2.27. The van der Waals surface area contributed by atoms with E-state index in [2.05, 4.69) is 30.8 Å². The molecule has 0 aromatic carbocycles. The molecule has 4 nitrogen and oxygen atoms in total. The zero-order valence-corrected chi connectivity index (χ0v) is 15.1. The highest BCUT2D eigenvalue weighted by Gasteiger charge is 2.07. The molecule has 0 saturated carbocycles. The van der Waals surface area contributed by atoms with Crippen molar-refractivity contribution in [2.24, 2.45) is 0 Å². The summed E-state index contributed by atoms with van der Waals surface area (Å²) in [5, 5.41) is 0. The summed E-state index contributed by atoms with van der Waals surface area (Å²) in [4.78, 5) is 4.63. The molecule has 0 radical (unpaired) electrons. The van der Waals surface area contributed by atoms with Gasteiger partial charge in [-0.25, -0.2) is 0 Å². The van der Waals surface area contributed by atoms with Crippen LogP contribution in [-0.4, -0.2) is 76.0 Å². The van der Waals surface area contributed by atoms with Crippen LogP contribution in [0.25, 0.3) is 0 Å². The smallest absolute Gasteiger partial charge is 0.0594 e. The number of ether oxygens (including phenoxy) is 2. The molecule has 0 N–H and O–H groups in total. The average Bonchev–Trinajstić information content (AvgIpc) is 3.17. The van der Waals surface area contributed by atoms with E-state index in [9.17, 15) is 0 Å². The van der Waals surface area contributed by atoms with Gasteiger partial charge in [0.05, 0.1) is 19.3 Å². The molecular weight excluding hydrogens is 264 g/mol. The zero-order valence-electron chi connectivity index (χ0n) is 15.1. The zero-order chi connectivity index (χ0) is 15.9. The summed E-state index contributed by atoms with van der Waals surface area (Å²) in [5.74, 6) is 0. The van der Waals surface area contributed by atoms with Crippen LogP contribution in [0.3, 0.4) is 0 Å². The highest BCUT2D eigenvalue weighted by Crippen LogP contribution is 2.09. The Kier molecular flexibility index (Phi) is 14.7. The number of likely N-dealkylation sites (tertiary alicyclic amines) is 1. The highest BCUT2D eigenvalue weighted by atomic mass is 16.5. The SMILES string of the molecule is CC.CC1CCCO1.CN1CCCC1.CN1CCOCC1. The van der Waals surface area contributed by atoms with Gasteiger partial charge in [-0.2, -0.15) is 0 Å². The maximum Gasteiger partial charge on any atom is 0.0594 e. The number of hydrogen-bond acceptors (Lipinski definition) is 4. The van der Waals surface area contributed by atoms with Gasteiger partial charge >= 0.3 is 0 Å². The van der Waals surface area contributed by atoms with Crippen LogP contribution in [0.5, 0.6) is 0 Å². The predicted molar refractivity (Wildman–Crippen MR) is 91.0 cm³/mol. The molecule has 0 aliphatic carbocycles. The molecule has 3 aliphatic heterocycles. The Morgan fingerprint density at radius 2 is 1.29 bits per heavy atom. The summed E-state index contributed by atoms with van der Waals surface area (Å²) >= 11 is 0. The van der Waals surface area contributed by atoms with Crippen LogP contribution in [0.15, 0.2) is 0 Å². The number of likely N-dealkylation sites (N-methyl/N-ethyl adjacent to an activating group) is 1. The molecular formula is C17H38N2O2. The van der Waals surface area contributed by atoms with E-state index in [-0.39, 0.29) is 0 Å². The lowest BCUT2D eigenvalue weighted by Gasteiger charge is -2.21. The molecule has 21 heavy (non-hydrogen) atoms. The normalized spacial score (nSPS) is 25.9. The quantitative estimate of drug-likeness (QED) is 0.687. The third-order valence-electron chi connectivity index (χ3n) is 3.72. The molecule has 3 aliphatic rings. The summed E-state index contributed by atoms with van der Waals surface area (Å²) in [6, 6.07) is 0. The van der Waals surface area contributed by atoms with Crippen molar-refractivity contribution in [3.05, 3.63) is 0 Å². The number of rotatable bonds is 0. The van der Waals surface area contributed by atoms with E-state index < -0.39 is 0 Å². The van der Waals surface area contributed by atoms with Gasteiger partial charge in [0.2, 0.25) is 0 Å². The molecule has 3 saturated heterocycles. The van der Waals surface area contributed by atoms with Crippen molar-refractivity contribution < 1.29 is 9.47 Å². The van der Waals surface area contributed by atoms with Crippen molar-refractivity contribution in [3.8, 4) is 0 Å². The number of morpholine rings is 1. The molecule has 3 fully saturated rings. The lowest BCUT2D eigenvalue weighted by atomic mass is 10.3. The van der Waals surface area contributed by atoms with Crippen LogP contribution in [0, 0.1) is 0 Å². The Bertz CT molecular complexity index is 183. The first-order valence-electron chi connectivity index (χ1n) is 8.75. The molecule has 3 rings (SSSR count). The van der Waals surface area contributed by atoms with E-state index in [1.54, 1.807) is 0 Å². The second-order valence-corrected chi connectivity index (χ2v) is 5.75. The van der Waals surface area contributed by atoms with Crippen molar-refractivity contribution in [1.82, 2.24) is 9.80 Å². The van der Waals surface area contributed by atoms with Gasteiger partial charge in [-0.05, 0) is 59.8 Å². The van der Waals surface area contributed by atoms with E-state index in [1.807, 2.05) is 13.8 Å². The summed E-state index contributed by atoms with van der Waals surface area (Å²) < 4.78 is 10.3. The van der Waals surface area contributed by atoms with Crippen LogP contribution < -0.4 is 0 Å². The van der Waals surface area contributed by atoms with E-state index in [4.69, 9.17) is 9.47 Å². The van der Waals surface area contributed by atoms with Gasteiger partial charge in [-0.1, -0.05) is 13.8 Å². The molecule has 0 spiro atoms. The Morgan fingerprint density at radius 3 is 1.48 bits per heavy atom. The van der Waals surface area contributed by atoms with E-state index in [0.717, 1.165) is 32.9 Å². The lowest BCUT2D eigenvalue weighted by molar-refractivity contribution is 0.0503. The molecule has 0 amide bonds. The summed E-state index contributed by atoms with van der Waals surface area (Å²) in [6.07, 6.45) is 5.90. The van der Waals surface area contributed by atoms with Gasteiger partial charge in [0.1, 0.15) is 0 Å². The van der Waals surface area contributed by atoms with Crippen LogP contribution in [0.4, 0.5) is 0 Å². The molecule has 128 valence electrons. The van der Waals surface area contributed by atoms with E-state index in [0.29, 0.717) is 6.10 Å². The third kappa shape index (κ3) is 13.2. The van der Waals surface area contributed by atoms with Crippen LogP contribution in [-0.2, 0) is 9.47 Å². The van der Waals surface area contributed by atoms with E-state index in [1.165, 1.54) is 38.8 Å². The van der Waals surface area contributed by atoms with Gasteiger partial charge in [-0.15, -0.1) is 0 Å². The predicted octanol–water partition coefficient (Wildman–Crippen LogP) is 2.87. The second kappa shape index (κ2) is 14.8.